The Hall–Kier alpha value is -4.85. The Balaban J connectivity index is 1.54. The molecular weight excluding hydrogens is 446 g/mol. The number of nitro groups is 1. The second-order valence-corrected chi connectivity index (χ2v) is 8.19. The average Bonchev–Trinajstić information content (AvgIpc) is 2.87. The van der Waals surface area contributed by atoms with E-state index in [4.69, 9.17) is 0 Å². The maximum absolute atomic E-state index is 13.6. The van der Waals surface area contributed by atoms with Crippen molar-refractivity contribution in [3.8, 4) is 0 Å². The zero-order valence-corrected chi connectivity index (χ0v) is 18.4. The van der Waals surface area contributed by atoms with E-state index in [0.717, 1.165) is 15.8 Å². The van der Waals surface area contributed by atoms with Gasteiger partial charge in [0.05, 0.1) is 4.92 Å². The quantitative estimate of drug-likeness (QED) is 0.254. The first kappa shape index (κ1) is 22.0. The number of carbonyl (C=O) groups excluding carboxylic acids is 3. The van der Waals surface area contributed by atoms with Crippen LogP contribution in [0.5, 0.6) is 0 Å². The van der Waals surface area contributed by atoms with E-state index in [1.807, 2.05) is 42.5 Å². The molecule has 1 N–H and O–H groups in total. The molecule has 8 heteroatoms. The highest BCUT2D eigenvalue weighted by atomic mass is 16.6. The van der Waals surface area contributed by atoms with Crippen molar-refractivity contribution in [3.05, 3.63) is 118 Å². The first-order valence-electron chi connectivity index (χ1n) is 10.9. The molecule has 5 rings (SSSR count). The van der Waals surface area contributed by atoms with Crippen molar-refractivity contribution in [2.75, 3.05) is 5.32 Å². The molecule has 1 aliphatic rings. The standard InChI is InChI=1S/C27H19N3O5/c31-25(28-19-12-14-20(15-13-19)30(34)35)23(16-17-6-2-1-3-7-17)29-26(32)21-10-4-8-18-9-5-11-22(24(18)21)27(29)33/h1-15,23H,16H2,(H,28,31)/t23-/m0/s1. The summed E-state index contributed by atoms with van der Waals surface area (Å²) >= 11 is 0. The van der Waals surface area contributed by atoms with Gasteiger partial charge >= 0.3 is 0 Å². The van der Waals surface area contributed by atoms with Gasteiger partial charge in [-0.1, -0.05) is 54.6 Å². The Kier molecular flexibility index (Phi) is 5.54. The predicted molar refractivity (Wildman–Crippen MR) is 130 cm³/mol. The second kappa shape index (κ2) is 8.83. The smallest absolute Gasteiger partial charge is 0.269 e. The van der Waals surface area contributed by atoms with Crippen molar-refractivity contribution in [2.45, 2.75) is 12.5 Å². The summed E-state index contributed by atoms with van der Waals surface area (Å²) in [6, 6.07) is 23.8. The summed E-state index contributed by atoms with van der Waals surface area (Å²) in [5.41, 5.74) is 1.69. The molecule has 172 valence electrons. The van der Waals surface area contributed by atoms with Gasteiger partial charge in [-0.25, -0.2) is 0 Å². The molecule has 8 nitrogen and oxygen atoms in total. The summed E-state index contributed by atoms with van der Waals surface area (Å²) in [5, 5.41) is 15.0. The van der Waals surface area contributed by atoms with Crippen LogP contribution in [0.3, 0.4) is 0 Å². The first-order valence-corrected chi connectivity index (χ1v) is 10.9. The molecule has 0 bridgehead atoms. The van der Waals surface area contributed by atoms with Crippen LogP contribution < -0.4 is 5.32 Å². The van der Waals surface area contributed by atoms with E-state index in [1.165, 1.54) is 24.3 Å². The molecule has 3 amide bonds. The number of non-ortho nitro benzene ring substituents is 1. The number of anilines is 1. The van der Waals surface area contributed by atoms with Gasteiger partial charge in [-0.2, -0.15) is 0 Å². The first-order chi connectivity index (χ1) is 16.9. The second-order valence-electron chi connectivity index (χ2n) is 8.19. The molecule has 0 aliphatic carbocycles. The van der Waals surface area contributed by atoms with Crippen molar-refractivity contribution in [2.24, 2.45) is 0 Å². The minimum Gasteiger partial charge on any atom is -0.324 e. The Bertz CT molecular complexity index is 1430. The number of hydrogen-bond acceptors (Lipinski definition) is 5. The van der Waals surface area contributed by atoms with Gasteiger partial charge in [0.2, 0.25) is 5.91 Å². The van der Waals surface area contributed by atoms with Crippen LogP contribution in [0, 0.1) is 10.1 Å². The molecule has 4 aromatic carbocycles. The van der Waals surface area contributed by atoms with Crippen LogP contribution in [-0.2, 0) is 11.2 Å². The number of carbonyl (C=O) groups is 3. The number of hydrogen-bond donors (Lipinski definition) is 1. The molecule has 0 saturated heterocycles. The zero-order valence-electron chi connectivity index (χ0n) is 18.4. The Morgan fingerprint density at radius 2 is 1.43 bits per heavy atom. The number of nitro benzene ring substituents is 1. The lowest BCUT2D eigenvalue weighted by Gasteiger charge is -2.33. The van der Waals surface area contributed by atoms with Crippen LogP contribution in [0.1, 0.15) is 26.3 Å². The largest absolute Gasteiger partial charge is 0.324 e. The number of imide groups is 1. The van der Waals surface area contributed by atoms with Gasteiger partial charge in [0.1, 0.15) is 6.04 Å². The van der Waals surface area contributed by atoms with E-state index >= 15 is 0 Å². The van der Waals surface area contributed by atoms with Crippen LogP contribution in [-0.4, -0.2) is 33.6 Å². The number of nitrogens with zero attached hydrogens (tertiary/aromatic N) is 2. The van der Waals surface area contributed by atoms with Gasteiger partial charge in [-0.3, -0.25) is 29.4 Å². The third-order valence-corrected chi connectivity index (χ3v) is 6.03. The SMILES string of the molecule is O=C(Nc1ccc([N+](=O)[O-])cc1)[C@H](Cc1ccccc1)N1C(=O)c2cccc3cccc(c23)C1=O. The summed E-state index contributed by atoms with van der Waals surface area (Å²) in [7, 11) is 0. The molecule has 4 aromatic rings. The zero-order chi connectivity index (χ0) is 24.5. The van der Waals surface area contributed by atoms with E-state index in [1.54, 1.807) is 24.3 Å². The lowest BCUT2D eigenvalue weighted by molar-refractivity contribution is -0.384. The minimum absolute atomic E-state index is 0.106. The molecular formula is C27H19N3O5. The topological polar surface area (TPSA) is 110 Å². The molecule has 0 unspecified atom stereocenters. The van der Waals surface area contributed by atoms with Gasteiger partial charge in [0.25, 0.3) is 17.5 Å². The molecule has 0 aromatic heterocycles. The summed E-state index contributed by atoms with van der Waals surface area (Å²) in [6.45, 7) is 0. The van der Waals surface area contributed by atoms with E-state index in [2.05, 4.69) is 5.32 Å². The summed E-state index contributed by atoms with van der Waals surface area (Å²) in [5.74, 6) is -1.66. The third-order valence-electron chi connectivity index (χ3n) is 6.03. The minimum atomic E-state index is -1.14. The fourth-order valence-electron chi connectivity index (χ4n) is 4.36. The van der Waals surface area contributed by atoms with Crippen molar-refractivity contribution in [3.63, 3.8) is 0 Å². The van der Waals surface area contributed by atoms with Crippen molar-refractivity contribution in [1.82, 2.24) is 4.90 Å². The molecule has 0 fully saturated rings. The van der Waals surface area contributed by atoms with Crippen LogP contribution in [0.2, 0.25) is 0 Å². The molecule has 1 atom stereocenters. The van der Waals surface area contributed by atoms with Crippen LogP contribution >= 0.6 is 0 Å². The molecule has 0 radical (unpaired) electrons. The maximum Gasteiger partial charge on any atom is 0.269 e. The van der Waals surface area contributed by atoms with Crippen molar-refractivity contribution >= 4 is 39.9 Å². The third kappa shape index (κ3) is 4.02. The lowest BCUT2D eigenvalue weighted by atomic mass is 9.92. The van der Waals surface area contributed by atoms with Gasteiger partial charge in [0, 0.05) is 40.8 Å². The maximum atomic E-state index is 13.6. The Morgan fingerprint density at radius 3 is 2.00 bits per heavy atom. The van der Waals surface area contributed by atoms with E-state index in [9.17, 15) is 24.5 Å². The van der Waals surface area contributed by atoms with Gasteiger partial charge in [0.15, 0.2) is 0 Å². The number of nitrogens with one attached hydrogen (secondary N) is 1. The highest BCUT2D eigenvalue weighted by molar-refractivity contribution is 6.26. The monoisotopic (exact) mass is 465 g/mol. The van der Waals surface area contributed by atoms with Gasteiger partial charge in [-0.15, -0.1) is 0 Å². The van der Waals surface area contributed by atoms with Gasteiger partial charge < -0.3 is 5.32 Å². The van der Waals surface area contributed by atoms with E-state index in [0.29, 0.717) is 22.2 Å². The summed E-state index contributed by atoms with van der Waals surface area (Å²) in [4.78, 5) is 52.1. The van der Waals surface area contributed by atoms with Crippen LogP contribution in [0.15, 0.2) is 91.0 Å². The average molecular weight is 465 g/mol. The van der Waals surface area contributed by atoms with Gasteiger partial charge in [-0.05, 0) is 35.2 Å². The summed E-state index contributed by atoms with van der Waals surface area (Å²) in [6.07, 6.45) is 0.106. The van der Waals surface area contributed by atoms with Crippen molar-refractivity contribution in [1.29, 1.82) is 0 Å². The Labute approximate surface area is 199 Å². The normalized spacial score (nSPS) is 13.5. The summed E-state index contributed by atoms with van der Waals surface area (Å²) < 4.78 is 0. The predicted octanol–water partition coefficient (Wildman–Crippen LogP) is 4.59. The van der Waals surface area contributed by atoms with E-state index < -0.39 is 28.7 Å². The van der Waals surface area contributed by atoms with E-state index in [-0.39, 0.29) is 12.1 Å². The lowest BCUT2D eigenvalue weighted by Crippen LogP contribution is -2.53. The molecule has 1 heterocycles. The number of benzene rings is 4. The molecule has 35 heavy (non-hydrogen) atoms. The molecule has 1 aliphatic heterocycles. The highest BCUT2D eigenvalue weighted by Crippen LogP contribution is 2.32. The van der Waals surface area contributed by atoms with Crippen LogP contribution in [0.25, 0.3) is 10.8 Å². The molecule has 0 spiro atoms. The van der Waals surface area contributed by atoms with Crippen LogP contribution in [0.4, 0.5) is 11.4 Å². The highest BCUT2D eigenvalue weighted by Gasteiger charge is 2.40. The fourth-order valence-corrected chi connectivity index (χ4v) is 4.36. The number of rotatable bonds is 6. The molecule has 0 saturated carbocycles. The number of amides is 3. The van der Waals surface area contributed by atoms with Crippen molar-refractivity contribution < 1.29 is 19.3 Å². The fraction of sp³-hybridized carbons (Fsp3) is 0.0741. The Morgan fingerprint density at radius 1 is 0.829 bits per heavy atom.